The minimum atomic E-state index is -0.273. The SMILES string of the molecule is COc1ccc(CCNc2cc(C(=O)Nc3ccccc3C)ncn2)cc1OC. The van der Waals surface area contributed by atoms with E-state index in [1.165, 1.54) is 6.33 Å². The molecule has 0 spiro atoms. The van der Waals surface area contributed by atoms with Gasteiger partial charge in [0.05, 0.1) is 14.2 Å². The summed E-state index contributed by atoms with van der Waals surface area (Å²) in [6, 6.07) is 15.1. The first-order valence-corrected chi connectivity index (χ1v) is 9.24. The van der Waals surface area contributed by atoms with Gasteiger partial charge < -0.3 is 20.1 Å². The fraction of sp³-hybridized carbons (Fsp3) is 0.227. The van der Waals surface area contributed by atoms with Crippen LogP contribution in [0.15, 0.2) is 54.9 Å². The number of nitrogens with zero attached hydrogens (tertiary/aromatic N) is 2. The monoisotopic (exact) mass is 392 g/mol. The Morgan fingerprint density at radius 3 is 2.55 bits per heavy atom. The molecule has 2 aromatic carbocycles. The molecule has 7 heteroatoms. The van der Waals surface area contributed by atoms with Gasteiger partial charge in [0.15, 0.2) is 11.5 Å². The number of hydrogen-bond donors (Lipinski definition) is 2. The molecule has 1 heterocycles. The van der Waals surface area contributed by atoms with E-state index in [4.69, 9.17) is 9.47 Å². The molecule has 29 heavy (non-hydrogen) atoms. The molecule has 0 atom stereocenters. The highest BCUT2D eigenvalue weighted by Gasteiger charge is 2.10. The Morgan fingerprint density at radius 2 is 1.79 bits per heavy atom. The lowest BCUT2D eigenvalue weighted by Gasteiger charge is -2.11. The van der Waals surface area contributed by atoms with Crippen LogP contribution >= 0.6 is 0 Å². The molecule has 3 aromatic rings. The maximum atomic E-state index is 12.5. The third-order valence-corrected chi connectivity index (χ3v) is 4.46. The highest BCUT2D eigenvalue weighted by molar-refractivity contribution is 6.03. The van der Waals surface area contributed by atoms with E-state index in [1.807, 2.05) is 49.4 Å². The van der Waals surface area contributed by atoms with Crippen LogP contribution in [0.25, 0.3) is 0 Å². The zero-order valence-corrected chi connectivity index (χ0v) is 16.7. The van der Waals surface area contributed by atoms with Gasteiger partial charge in [-0.3, -0.25) is 4.79 Å². The number of para-hydroxylation sites is 1. The Balaban J connectivity index is 1.60. The molecule has 0 aliphatic rings. The van der Waals surface area contributed by atoms with Gasteiger partial charge in [0, 0.05) is 18.3 Å². The van der Waals surface area contributed by atoms with Gasteiger partial charge in [-0.2, -0.15) is 0 Å². The van der Waals surface area contributed by atoms with Gasteiger partial charge in [-0.15, -0.1) is 0 Å². The van der Waals surface area contributed by atoms with Crippen LogP contribution in [0.1, 0.15) is 21.6 Å². The van der Waals surface area contributed by atoms with Gasteiger partial charge in [0.1, 0.15) is 17.8 Å². The first kappa shape index (κ1) is 20.1. The quantitative estimate of drug-likeness (QED) is 0.608. The van der Waals surface area contributed by atoms with E-state index in [0.717, 1.165) is 23.2 Å². The highest BCUT2D eigenvalue weighted by Crippen LogP contribution is 2.27. The molecule has 0 aliphatic heterocycles. The van der Waals surface area contributed by atoms with Crippen LogP contribution in [-0.4, -0.2) is 36.6 Å². The third-order valence-electron chi connectivity index (χ3n) is 4.46. The Morgan fingerprint density at radius 1 is 1.00 bits per heavy atom. The van der Waals surface area contributed by atoms with Crippen molar-refractivity contribution in [2.75, 3.05) is 31.4 Å². The number of ether oxygens (including phenoxy) is 2. The number of nitrogens with one attached hydrogen (secondary N) is 2. The molecule has 0 fully saturated rings. The molecule has 7 nitrogen and oxygen atoms in total. The van der Waals surface area contributed by atoms with Crippen LogP contribution in [0.5, 0.6) is 11.5 Å². The van der Waals surface area contributed by atoms with Gasteiger partial charge >= 0.3 is 0 Å². The van der Waals surface area contributed by atoms with Crippen molar-refractivity contribution >= 4 is 17.4 Å². The van der Waals surface area contributed by atoms with Crippen molar-refractivity contribution in [3.8, 4) is 11.5 Å². The van der Waals surface area contributed by atoms with E-state index in [1.54, 1.807) is 20.3 Å². The predicted molar refractivity (Wildman–Crippen MR) is 113 cm³/mol. The van der Waals surface area contributed by atoms with Crippen molar-refractivity contribution in [1.29, 1.82) is 0 Å². The van der Waals surface area contributed by atoms with Crippen LogP contribution in [0.2, 0.25) is 0 Å². The number of carbonyl (C=O) groups excluding carboxylic acids is 1. The van der Waals surface area contributed by atoms with Gasteiger partial charge in [-0.25, -0.2) is 9.97 Å². The second-order valence-electron chi connectivity index (χ2n) is 6.42. The number of anilines is 2. The van der Waals surface area contributed by atoms with Crippen LogP contribution in [0.4, 0.5) is 11.5 Å². The van der Waals surface area contributed by atoms with E-state index in [9.17, 15) is 4.79 Å². The van der Waals surface area contributed by atoms with E-state index >= 15 is 0 Å². The van der Waals surface area contributed by atoms with Gasteiger partial charge in [0.2, 0.25) is 0 Å². The van der Waals surface area contributed by atoms with E-state index < -0.39 is 0 Å². The standard InChI is InChI=1S/C22H24N4O3/c1-15-6-4-5-7-17(15)26-22(27)18-13-21(25-14-24-18)23-11-10-16-8-9-19(28-2)20(12-16)29-3/h4-9,12-14H,10-11H2,1-3H3,(H,26,27)(H,23,24,25). The summed E-state index contributed by atoms with van der Waals surface area (Å²) in [5.41, 5.74) is 3.15. The number of amides is 1. The first-order chi connectivity index (χ1) is 14.1. The number of hydrogen-bond acceptors (Lipinski definition) is 6. The summed E-state index contributed by atoms with van der Waals surface area (Å²) in [5, 5.41) is 6.10. The molecule has 3 rings (SSSR count). The molecular formula is C22H24N4O3. The minimum Gasteiger partial charge on any atom is -0.493 e. The van der Waals surface area contributed by atoms with Gasteiger partial charge in [-0.1, -0.05) is 24.3 Å². The molecule has 1 amide bonds. The minimum absolute atomic E-state index is 0.273. The fourth-order valence-electron chi connectivity index (χ4n) is 2.85. The molecule has 0 aliphatic carbocycles. The lowest BCUT2D eigenvalue weighted by atomic mass is 10.1. The molecule has 150 valence electrons. The summed E-state index contributed by atoms with van der Waals surface area (Å²) >= 11 is 0. The Kier molecular flexibility index (Phi) is 6.63. The summed E-state index contributed by atoms with van der Waals surface area (Å²) in [6.07, 6.45) is 2.14. The van der Waals surface area contributed by atoms with Crippen LogP contribution in [0.3, 0.4) is 0 Å². The molecule has 0 saturated heterocycles. The molecule has 0 unspecified atom stereocenters. The van der Waals surface area contributed by atoms with Crippen molar-refractivity contribution in [1.82, 2.24) is 9.97 Å². The molecule has 0 saturated carbocycles. The zero-order chi connectivity index (χ0) is 20.6. The number of rotatable bonds is 8. The Labute approximate surface area is 170 Å². The Bertz CT molecular complexity index is 991. The van der Waals surface area contributed by atoms with Crippen molar-refractivity contribution in [2.24, 2.45) is 0 Å². The molecule has 0 bridgehead atoms. The maximum absolute atomic E-state index is 12.5. The summed E-state index contributed by atoms with van der Waals surface area (Å²) in [4.78, 5) is 20.8. The normalized spacial score (nSPS) is 10.3. The Hall–Kier alpha value is -3.61. The topological polar surface area (TPSA) is 85.4 Å². The van der Waals surface area contributed by atoms with Crippen molar-refractivity contribution in [2.45, 2.75) is 13.3 Å². The lowest BCUT2D eigenvalue weighted by molar-refractivity contribution is 0.102. The second kappa shape index (κ2) is 9.54. The molecule has 1 aromatic heterocycles. The van der Waals surface area contributed by atoms with Crippen LogP contribution in [-0.2, 0) is 6.42 Å². The van der Waals surface area contributed by atoms with Crippen molar-refractivity contribution in [3.63, 3.8) is 0 Å². The number of carbonyl (C=O) groups is 1. The largest absolute Gasteiger partial charge is 0.493 e. The maximum Gasteiger partial charge on any atom is 0.274 e. The predicted octanol–water partition coefficient (Wildman–Crippen LogP) is 3.71. The summed E-state index contributed by atoms with van der Waals surface area (Å²) in [5.74, 6) is 1.71. The second-order valence-corrected chi connectivity index (χ2v) is 6.42. The highest BCUT2D eigenvalue weighted by atomic mass is 16.5. The van der Waals surface area contributed by atoms with Gasteiger partial charge in [-0.05, 0) is 42.7 Å². The number of benzene rings is 2. The number of aryl methyl sites for hydroxylation is 1. The first-order valence-electron chi connectivity index (χ1n) is 9.24. The lowest BCUT2D eigenvalue weighted by Crippen LogP contribution is -2.15. The van der Waals surface area contributed by atoms with E-state index in [0.29, 0.717) is 29.6 Å². The molecule has 0 radical (unpaired) electrons. The van der Waals surface area contributed by atoms with E-state index in [-0.39, 0.29) is 5.91 Å². The molecular weight excluding hydrogens is 368 g/mol. The third kappa shape index (κ3) is 5.22. The van der Waals surface area contributed by atoms with E-state index in [2.05, 4.69) is 20.6 Å². The van der Waals surface area contributed by atoms with Crippen LogP contribution < -0.4 is 20.1 Å². The summed E-state index contributed by atoms with van der Waals surface area (Å²) in [6.45, 7) is 2.59. The zero-order valence-electron chi connectivity index (χ0n) is 16.7. The summed E-state index contributed by atoms with van der Waals surface area (Å²) < 4.78 is 10.6. The van der Waals surface area contributed by atoms with Crippen molar-refractivity contribution < 1.29 is 14.3 Å². The summed E-state index contributed by atoms with van der Waals surface area (Å²) in [7, 11) is 3.23. The number of aromatic nitrogens is 2. The van der Waals surface area contributed by atoms with Gasteiger partial charge in [0.25, 0.3) is 5.91 Å². The van der Waals surface area contributed by atoms with Crippen LogP contribution in [0, 0.1) is 6.92 Å². The smallest absolute Gasteiger partial charge is 0.274 e. The average Bonchev–Trinajstić information content (AvgIpc) is 2.75. The number of methoxy groups -OCH3 is 2. The fourth-order valence-corrected chi connectivity index (χ4v) is 2.85. The molecule has 2 N–H and O–H groups in total. The average molecular weight is 392 g/mol. The van der Waals surface area contributed by atoms with Crippen molar-refractivity contribution in [3.05, 3.63) is 71.7 Å².